The molecule has 39 heavy (non-hydrogen) atoms. The maximum absolute atomic E-state index is 13.5. The highest BCUT2D eigenvalue weighted by atomic mass is 16.6. The van der Waals surface area contributed by atoms with Crippen LogP contribution in [0.3, 0.4) is 0 Å². The summed E-state index contributed by atoms with van der Waals surface area (Å²) in [6.45, 7) is 1.03. The summed E-state index contributed by atoms with van der Waals surface area (Å²) < 4.78 is 27.8. The van der Waals surface area contributed by atoms with Gasteiger partial charge in [0, 0.05) is 12.1 Å². The van der Waals surface area contributed by atoms with Crippen molar-refractivity contribution in [1.82, 2.24) is 4.90 Å². The molecule has 2 heterocycles. The Morgan fingerprint density at radius 3 is 2.21 bits per heavy atom. The van der Waals surface area contributed by atoms with Crippen LogP contribution in [0.2, 0.25) is 0 Å². The van der Waals surface area contributed by atoms with Crippen molar-refractivity contribution >= 4 is 17.4 Å². The molecular formula is C30H29NO8. The number of hydrogen-bond donors (Lipinski definition) is 1. The van der Waals surface area contributed by atoms with Crippen molar-refractivity contribution in [1.29, 1.82) is 0 Å². The number of ether oxygens (including phenoxy) is 5. The van der Waals surface area contributed by atoms with E-state index in [-0.39, 0.29) is 17.9 Å². The molecule has 5 rings (SSSR count). The van der Waals surface area contributed by atoms with E-state index >= 15 is 0 Å². The van der Waals surface area contributed by atoms with E-state index in [1.165, 1.54) is 26.2 Å². The van der Waals surface area contributed by atoms with Gasteiger partial charge in [-0.15, -0.1) is 0 Å². The number of nitrogens with zero attached hydrogens (tertiary/aromatic N) is 1. The average Bonchev–Trinajstić information content (AvgIpc) is 3.24. The van der Waals surface area contributed by atoms with Gasteiger partial charge in [0.15, 0.2) is 23.0 Å². The van der Waals surface area contributed by atoms with Gasteiger partial charge in [-0.2, -0.15) is 0 Å². The lowest BCUT2D eigenvalue weighted by Gasteiger charge is -2.27. The van der Waals surface area contributed by atoms with Gasteiger partial charge in [-0.3, -0.25) is 9.59 Å². The van der Waals surface area contributed by atoms with E-state index in [1.54, 1.807) is 30.3 Å². The van der Waals surface area contributed by atoms with Crippen molar-refractivity contribution in [3.8, 4) is 28.7 Å². The van der Waals surface area contributed by atoms with Crippen LogP contribution in [0.15, 0.2) is 66.2 Å². The first kappa shape index (κ1) is 26.0. The summed E-state index contributed by atoms with van der Waals surface area (Å²) >= 11 is 0. The second-order valence-corrected chi connectivity index (χ2v) is 9.05. The number of Topliss-reactive ketones (excluding diaryl/α,β-unsaturated/α-hetero) is 1. The Morgan fingerprint density at radius 2 is 1.56 bits per heavy atom. The smallest absolute Gasteiger partial charge is 0.295 e. The number of aliphatic hydroxyl groups excluding tert-OH is 1. The van der Waals surface area contributed by atoms with Crippen molar-refractivity contribution in [3.05, 3.63) is 82.9 Å². The molecule has 0 spiro atoms. The lowest BCUT2D eigenvalue weighted by molar-refractivity contribution is -0.139. The standard InChI is InChI=1S/C30H29NO8/c1-35-23-16-20(17-24(36-2)29(23)37-3)26-25(27(32)19-9-10-21-22(15-19)39-14-13-38-21)28(33)30(34)31(26)12-11-18-7-5-4-6-8-18/h4-10,15-17,26,32H,11-14H2,1-3H3/t26-/m0/s1. The number of amides is 1. The van der Waals surface area contributed by atoms with Crippen LogP contribution >= 0.6 is 0 Å². The van der Waals surface area contributed by atoms with Crippen molar-refractivity contribution in [3.63, 3.8) is 0 Å². The Balaban J connectivity index is 1.65. The van der Waals surface area contributed by atoms with Gasteiger partial charge in [0.05, 0.1) is 32.9 Å². The molecule has 9 heteroatoms. The van der Waals surface area contributed by atoms with Crippen LogP contribution < -0.4 is 23.7 Å². The normalized spacial score (nSPS) is 17.7. The predicted molar refractivity (Wildman–Crippen MR) is 143 cm³/mol. The lowest BCUT2D eigenvalue weighted by Crippen LogP contribution is -2.31. The van der Waals surface area contributed by atoms with Crippen LogP contribution in [0.25, 0.3) is 5.76 Å². The third-order valence-corrected chi connectivity index (χ3v) is 6.84. The molecule has 0 aliphatic carbocycles. The molecule has 1 atom stereocenters. The SMILES string of the molecule is COc1cc([C@H]2C(=C(O)c3ccc4c(c3)OCCO4)C(=O)C(=O)N2CCc2ccccc2)cc(OC)c1OC. The van der Waals surface area contributed by atoms with Crippen molar-refractivity contribution in [2.75, 3.05) is 41.1 Å². The van der Waals surface area contributed by atoms with E-state index in [9.17, 15) is 14.7 Å². The first-order chi connectivity index (χ1) is 19.0. The highest BCUT2D eigenvalue weighted by Gasteiger charge is 2.46. The topological polar surface area (TPSA) is 104 Å². The summed E-state index contributed by atoms with van der Waals surface area (Å²) in [7, 11) is 4.47. The zero-order valence-corrected chi connectivity index (χ0v) is 21.9. The lowest BCUT2D eigenvalue weighted by atomic mass is 9.94. The van der Waals surface area contributed by atoms with E-state index in [4.69, 9.17) is 23.7 Å². The van der Waals surface area contributed by atoms with Crippen LogP contribution in [-0.2, 0) is 16.0 Å². The van der Waals surface area contributed by atoms with Crippen LogP contribution in [0, 0.1) is 0 Å². The Kier molecular flexibility index (Phi) is 7.31. The highest BCUT2D eigenvalue weighted by molar-refractivity contribution is 6.46. The van der Waals surface area contributed by atoms with Gasteiger partial charge < -0.3 is 33.7 Å². The van der Waals surface area contributed by atoms with Crippen molar-refractivity contribution in [2.24, 2.45) is 0 Å². The Bertz CT molecular complexity index is 1410. The number of methoxy groups -OCH3 is 3. The molecule has 1 N–H and O–H groups in total. The zero-order chi connectivity index (χ0) is 27.5. The summed E-state index contributed by atoms with van der Waals surface area (Å²) in [5.41, 5.74) is 1.82. The zero-order valence-electron chi connectivity index (χ0n) is 21.9. The largest absolute Gasteiger partial charge is 0.507 e. The molecule has 2 aliphatic rings. The van der Waals surface area contributed by atoms with Gasteiger partial charge in [0.25, 0.3) is 11.7 Å². The summed E-state index contributed by atoms with van der Waals surface area (Å²) in [5, 5.41) is 11.5. The molecule has 0 bridgehead atoms. The fourth-order valence-corrected chi connectivity index (χ4v) is 4.96. The van der Waals surface area contributed by atoms with E-state index in [0.717, 1.165) is 5.56 Å². The third-order valence-electron chi connectivity index (χ3n) is 6.84. The van der Waals surface area contributed by atoms with Crippen LogP contribution in [0.1, 0.15) is 22.7 Å². The maximum atomic E-state index is 13.5. The van der Waals surface area contributed by atoms with Gasteiger partial charge in [-0.05, 0) is 47.9 Å². The Labute approximate surface area is 226 Å². The number of carbonyl (C=O) groups excluding carboxylic acids is 2. The maximum Gasteiger partial charge on any atom is 0.295 e. The molecule has 2 aliphatic heterocycles. The minimum Gasteiger partial charge on any atom is -0.507 e. The predicted octanol–water partition coefficient (Wildman–Crippen LogP) is 4.15. The molecule has 9 nitrogen and oxygen atoms in total. The van der Waals surface area contributed by atoms with Crippen molar-refractivity contribution in [2.45, 2.75) is 12.5 Å². The number of rotatable bonds is 8. The van der Waals surface area contributed by atoms with Gasteiger partial charge in [-0.25, -0.2) is 0 Å². The summed E-state index contributed by atoms with van der Waals surface area (Å²) in [5.74, 6) is 0.288. The number of likely N-dealkylation sites (tertiary alicyclic amines) is 1. The van der Waals surface area contributed by atoms with Crippen LogP contribution in [-0.4, -0.2) is 62.8 Å². The van der Waals surface area contributed by atoms with Gasteiger partial charge in [0.2, 0.25) is 5.75 Å². The average molecular weight is 532 g/mol. The molecule has 0 saturated carbocycles. The van der Waals surface area contributed by atoms with E-state index < -0.39 is 17.7 Å². The monoisotopic (exact) mass is 531 g/mol. The molecule has 1 fully saturated rings. The summed E-state index contributed by atoms with van der Waals surface area (Å²) in [6.07, 6.45) is 0.513. The van der Waals surface area contributed by atoms with Gasteiger partial charge >= 0.3 is 0 Å². The number of fused-ring (bicyclic) bond motifs is 1. The summed E-state index contributed by atoms with van der Waals surface area (Å²) in [6, 6.07) is 17.0. The molecule has 3 aromatic rings. The number of hydrogen-bond acceptors (Lipinski definition) is 8. The number of benzene rings is 3. The molecule has 0 radical (unpaired) electrons. The molecule has 202 valence electrons. The number of aliphatic hydroxyl groups is 1. The van der Waals surface area contributed by atoms with Crippen molar-refractivity contribution < 1.29 is 38.4 Å². The quantitative estimate of drug-likeness (QED) is 0.263. The van der Waals surface area contributed by atoms with E-state index in [0.29, 0.717) is 59.5 Å². The first-order valence-corrected chi connectivity index (χ1v) is 12.5. The minimum absolute atomic E-state index is 0.0426. The first-order valence-electron chi connectivity index (χ1n) is 12.5. The molecule has 0 unspecified atom stereocenters. The van der Waals surface area contributed by atoms with Crippen LogP contribution in [0.5, 0.6) is 28.7 Å². The fraction of sp³-hybridized carbons (Fsp3) is 0.267. The fourth-order valence-electron chi connectivity index (χ4n) is 4.96. The molecule has 1 amide bonds. The van der Waals surface area contributed by atoms with Gasteiger partial charge in [-0.1, -0.05) is 30.3 Å². The van der Waals surface area contributed by atoms with E-state index in [1.807, 2.05) is 30.3 Å². The second-order valence-electron chi connectivity index (χ2n) is 9.05. The molecule has 1 saturated heterocycles. The minimum atomic E-state index is -0.907. The van der Waals surface area contributed by atoms with Crippen LogP contribution in [0.4, 0.5) is 0 Å². The summed E-state index contributed by atoms with van der Waals surface area (Å²) in [4.78, 5) is 28.4. The Hall–Kier alpha value is -4.66. The molecule has 0 aromatic heterocycles. The Morgan fingerprint density at radius 1 is 0.897 bits per heavy atom. The highest BCUT2D eigenvalue weighted by Crippen LogP contribution is 2.46. The number of ketones is 1. The third kappa shape index (κ3) is 4.83. The van der Waals surface area contributed by atoms with E-state index in [2.05, 4.69) is 0 Å². The molecule has 3 aromatic carbocycles. The molecular weight excluding hydrogens is 502 g/mol. The number of carbonyl (C=O) groups is 2. The van der Waals surface area contributed by atoms with Gasteiger partial charge in [0.1, 0.15) is 19.0 Å². The second kappa shape index (κ2) is 11.0.